The molecule has 0 bridgehead atoms. The molecule has 0 unspecified atom stereocenters. The highest BCUT2D eigenvalue weighted by Crippen LogP contribution is 2.38. The number of hydrogen-bond acceptors (Lipinski definition) is 10. The molecule has 12 nitrogen and oxygen atoms in total. The second-order valence-electron chi connectivity index (χ2n) is 8.15. The summed E-state index contributed by atoms with van der Waals surface area (Å²) in [6, 6.07) is 14.3. The number of carbonyl (C=O) groups excluding carboxylic acids is 3. The van der Waals surface area contributed by atoms with Crippen LogP contribution in [0.2, 0.25) is 0 Å². The summed E-state index contributed by atoms with van der Waals surface area (Å²) in [5.74, 6) is 0.454. The average molecular weight is 566 g/mol. The minimum Gasteiger partial charge on any atom is -0.494 e. The third-order valence-corrected chi connectivity index (χ3v) is 5.53. The van der Waals surface area contributed by atoms with Gasteiger partial charge in [0.2, 0.25) is 5.75 Å². The first-order chi connectivity index (χ1) is 19.8. The van der Waals surface area contributed by atoms with Gasteiger partial charge in [0.1, 0.15) is 5.75 Å². The van der Waals surface area contributed by atoms with Gasteiger partial charge >= 0.3 is 5.97 Å². The number of hydrazone groups is 1. The van der Waals surface area contributed by atoms with Crippen LogP contribution in [0, 0.1) is 0 Å². The Balaban J connectivity index is 1.56. The van der Waals surface area contributed by atoms with Crippen LogP contribution >= 0.6 is 0 Å². The maximum absolute atomic E-state index is 12.6. The number of nitrogens with one attached hydrogen (secondary N) is 2. The van der Waals surface area contributed by atoms with Gasteiger partial charge in [-0.1, -0.05) is 0 Å². The zero-order valence-electron chi connectivity index (χ0n) is 23.3. The Morgan fingerprint density at radius 3 is 2.02 bits per heavy atom. The molecule has 0 aliphatic rings. The molecule has 0 aliphatic carbocycles. The van der Waals surface area contributed by atoms with E-state index in [-0.39, 0.29) is 23.6 Å². The first-order valence-corrected chi connectivity index (χ1v) is 12.4. The van der Waals surface area contributed by atoms with Crippen LogP contribution in [-0.4, -0.2) is 65.6 Å². The fourth-order valence-electron chi connectivity index (χ4n) is 3.55. The maximum atomic E-state index is 12.6. The van der Waals surface area contributed by atoms with Crippen LogP contribution in [0.5, 0.6) is 34.5 Å². The highest BCUT2D eigenvalue weighted by atomic mass is 16.6. The quantitative estimate of drug-likeness (QED) is 0.138. The molecule has 41 heavy (non-hydrogen) atoms. The first kappa shape index (κ1) is 30.3. The molecule has 0 saturated carbocycles. The number of carbonyl (C=O) groups is 3. The van der Waals surface area contributed by atoms with Crippen molar-refractivity contribution < 1.29 is 42.8 Å². The summed E-state index contributed by atoms with van der Waals surface area (Å²) in [5.41, 5.74) is 3.45. The topological polar surface area (TPSA) is 143 Å². The van der Waals surface area contributed by atoms with Gasteiger partial charge in [-0.25, -0.2) is 10.2 Å². The van der Waals surface area contributed by atoms with Crippen molar-refractivity contribution in [3.05, 3.63) is 71.3 Å². The summed E-state index contributed by atoms with van der Waals surface area (Å²) in [4.78, 5) is 37.3. The molecule has 0 fully saturated rings. The van der Waals surface area contributed by atoms with Crippen molar-refractivity contribution in [3.8, 4) is 34.5 Å². The van der Waals surface area contributed by atoms with Gasteiger partial charge < -0.3 is 33.7 Å². The van der Waals surface area contributed by atoms with Crippen molar-refractivity contribution in [3.63, 3.8) is 0 Å². The van der Waals surface area contributed by atoms with E-state index in [0.717, 1.165) is 0 Å². The predicted octanol–water partition coefficient (Wildman–Crippen LogP) is 3.22. The first-order valence-electron chi connectivity index (χ1n) is 12.4. The predicted molar refractivity (Wildman–Crippen MR) is 150 cm³/mol. The van der Waals surface area contributed by atoms with E-state index < -0.39 is 17.8 Å². The molecule has 216 valence electrons. The summed E-state index contributed by atoms with van der Waals surface area (Å²) in [6.45, 7) is 2.06. The Bertz CT molecular complexity index is 1380. The number of rotatable bonds is 13. The van der Waals surface area contributed by atoms with E-state index in [1.54, 1.807) is 42.5 Å². The normalized spacial score (nSPS) is 10.5. The van der Waals surface area contributed by atoms with Crippen molar-refractivity contribution >= 4 is 24.0 Å². The van der Waals surface area contributed by atoms with Gasteiger partial charge in [-0.15, -0.1) is 0 Å². The molecular formula is C29H31N3O9. The Labute approximate surface area is 237 Å². The number of hydrogen-bond donors (Lipinski definition) is 2. The third-order valence-electron chi connectivity index (χ3n) is 5.53. The maximum Gasteiger partial charge on any atom is 0.343 e. The summed E-state index contributed by atoms with van der Waals surface area (Å²) >= 11 is 0. The Hall–Kier alpha value is -5.26. The lowest BCUT2D eigenvalue weighted by Gasteiger charge is -2.14. The molecule has 0 heterocycles. The van der Waals surface area contributed by atoms with Crippen molar-refractivity contribution in [2.45, 2.75) is 6.92 Å². The molecule has 0 saturated heterocycles. The van der Waals surface area contributed by atoms with Gasteiger partial charge in [0.25, 0.3) is 11.8 Å². The largest absolute Gasteiger partial charge is 0.494 e. The molecule has 3 aromatic rings. The zero-order valence-corrected chi connectivity index (χ0v) is 23.3. The minimum absolute atomic E-state index is 0.210. The van der Waals surface area contributed by atoms with Crippen LogP contribution in [0.3, 0.4) is 0 Å². The van der Waals surface area contributed by atoms with E-state index in [1.807, 2.05) is 6.92 Å². The smallest absolute Gasteiger partial charge is 0.343 e. The van der Waals surface area contributed by atoms with E-state index in [2.05, 4.69) is 15.8 Å². The molecule has 0 radical (unpaired) electrons. The van der Waals surface area contributed by atoms with Crippen LogP contribution in [0.1, 0.15) is 33.2 Å². The number of methoxy groups -OCH3 is 4. The molecule has 3 aromatic carbocycles. The van der Waals surface area contributed by atoms with Crippen molar-refractivity contribution in [1.29, 1.82) is 0 Å². The molecule has 12 heteroatoms. The standard InChI is InChI=1S/C29H31N3O9/c1-6-40-21-10-8-19(9-11-21)29(35)41-22-12-7-18(13-23(22)36-2)16-31-32-26(33)17-30-28(34)20-14-24(37-3)27(39-5)25(15-20)38-4/h7-16H,6,17H2,1-5H3,(H,30,34)(H,32,33). The van der Waals surface area contributed by atoms with Crippen LogP contribution < -0.4 is 39.2 Å². The fraction of sp³-hybridized carbons (Fsp3) is 0.241. The van der Waals surface area contributed by atoms with Crippen LogP contribution in [0.4, 0.5) is 0 Å². The molecule has 3 rings (SSSR count). The molecule has 2 N–H and O–H groups in total. The highest BCUT2D eigenvalue weighted by molar-refractivity contribution is 5.97. The molecule has 0 aliphatic heterocycles. The zero-order chi connectivity index (χ0) is 29.8. The lowest BCUT2D eigenvalue weighted by Crippen LogP contribution is -2.34. The summed E-state index contributed by atoms with van der Waals surface area (Å²) in [6.07, 6.45) is 1.37. The van der Waals surface area contributed by atoms with Gasteiger partial charge in [-0.2, -0.15) is 5.10 Å². The summed E-state index contributed by atoms with van der Waals surface area (Å²) < 4.78 is 31.9. The molecular weight excluding hydrogens is 534 g/mol. The minimum atomic E-state index is -0.561. The molecule has 0 spiro atoms. The van der Waals surface area contributed by atoms with E-state index in [0.29, 0.717) is 40.7 Å². The monoisotopic (exact) mass is 565 g/mol. The Morgan fingerprint density at radius 2 is 1.44 bits per heavy atom. The van der Waals surface area contributed by atoms with Crippen molar-refractivity contribution in [1.82, 2.24) is 10.7 Å². The Morgan fingerprint density at radius 1 is 0.780 bits per heavy atom. The number of amides is 2. The van der Waals surface area contributed by atoms with Crippen LogP contribution in [0.15, 0.2) is 59.7 Å². The second kappa shape index (κ2) is 14.8. The Kier molecular flexibility index (Phi) is 10.9. The summed E-state index contributed by atoms with van der Waals surface area (Å²) in [7, 11) is 5.75. The SMILES string of the molecule is CCOc1ccc(C(=O)Oc2ccc(C=NNC(=O)CNC(=O)c3cc(OC)c(OC)c(OC)c3)cc2OC)cc1. The highest BCUT2D eigenvalue weighted by Gasteiger charge is 2.17. The van der Waals surface area contributed by atoms with E-state index >= 15 is 0 Å². The van der Waals surface area contributed by atoms with E-state index in [1.165, 1.54) is 46.8 Å². The van der Waals surface area contributed by atoms with Crippen LogP contribution in [-0.2, 0) is 4.79 Å². The second-order valence-corrected chi connectivity index (χ2v) is 8.15. The lowest BCUT2D eigenvalue weighted by molar-refractivity contribution is -0.120. The lowest BCUT2D eigenvalue weighted by atomic mass is 10.1. The third kappa shape index (κ3) is 8.12. The van der Waals surface area contributed by atoms with Gasteiger partial charge in [-0.3, -0.25) is 9.59 Å². The van der Waals surface area contributed by atoms with E-state index in [4.69, 9.17) is 28.4 Å². The van der Waals surface area contributed by atoms with Gasteiger partial charge in [-0.05, 0) is 67.1 Å². The number of nitrogens with zero attached hydrogens (tertiary/aromatic N) is 1. The van der Waals surface area contributed by atoms with Crippen LogP contribution in [0.25, 0.3) is 0 Å². The van der Waals surface area contributed by atoms with Crippen molar-refractivity contribution in [2.75, 3.05) is 41.6 Å². The molecule has 2 amide bonds. The van der Waals surface area contributed by atoms with Gasteiger partial charge in [0.05, 0.1) is 53.4 Å². The molecule has 0 atom stereocenters. The average Bonchev–Trinajstić information content (AvgIpc) is 3.00. The van der Waals surface area contributed by atoms with E-state index in [9.17, 15) is 14.4 Å². The number of esters is 1. The summed E-state index contributed by atoms with van der Waals surface area (Å²) in [5, 5.41) is 6.40. The number of ether oxygens (including phenoxy) is 6. The number of benzene rings is 3. The molecule has 0 aromatic heterocycles. The van der Waals surface area contributed by atoms with Gasteiger partial charge in [0.15, 0.2) is 23.0 Å². The van der Waals surface area contributed by atoms with Crippen molar-refractivity contribution in [2.24, 2.45) is 5.10 Å². The fourth-order valence-corrected chi connectivity index (χ4v) is 3.55. The van der Waals surface area contributed by atoms with Gasteiger partial charge in [0, 0.05) is 5.56 Å².